The van der Waals surface area contributed by atoms with Crippen molar-refractivity contribution in [2.75, 3.05) is 18.1 Å². The lowest BCUT2D eigenvalue weighted by molar-refractivity contribution is 0.198. The van der Waals surface area contributed by atoms with E-state index in [1.54, 1.807) is 0 Å². The Balaban J connectivity index is 2.18. The van der Waals surface area contributed by atoms with Crippen molar-refractivity contribution in [3.8, 4) is 0 Å². The minimum atomic E-state index is 0.0977. The van der Waals surface area contributed by atoms with E-state index in [1.807, 2.05) is 18.4 Å². The van der Waals surface area contributed by atoms with Crippen LogP contribution < -0.4 is 10.5 Å². The third kappa shape index (κ3) is 3.21. The third-order valence-electron chi connectivity index (χ3n) is 4.91. The van der Waals surface area contributed by atoms with Crippen LogP contribution in [0.15, 0.2) is 23.0 Å². The Bertz CT molecular complexity index is 840. The lowest BCUT2D eigenvalue weighted by atomic mass is 10.1. The van der Waals surface area contributed by atoms with Crippen LogP contribution in [0.1, 0.15) is 42.7 Å². The van der Waals surface area contributed by atoms with Crippen molar-refractivity contribution < 1.29 is 0 Å². The Hall–Kier alpha value is -2.14. The number of benzene rings is 1. The van der Waals surface area contributed by atoms with Crippen LogP contribution in [0.3, 0.4) is 0 Å². The number of aryl methyl sites for hydroxylation is 3. The Morgan fingerprint density at radius 2 is 1.88 bits per heavy atom. The highest BCUT2D eigenvalue weighted by Crippen LogP contribution is 2.30. The van der Waals surface area contributed by atoms with Gasteiger partial charge in [0.05, 0.1) is 13.3 Å². The van der Waals surface area contributed by atoms with Crippen molar-refractivity contribution in [1.82, 2.24) is 14.5 Å². The van der Waals surface area contributed by atoms with E-state index >= 15 is 0 Å². The highest BCUT2D eigenvalue weighted by atomic mass is 16.1. The van der Waals surface area contributed by atoms with Crippen LogP contribution in [-0.2, 0) is 13.1 Å². The summed E-state index contributed by atoms with van der Waals surface area (Å²) in [6.07, 6.45) is 1.78. The first-order chi connectivity index (χ1) is 12.0. The van der Waals surface area contributed by atoms with E-state index < -0.39 is 0 Å². The van der Waals surface area contributed by atoms with Crippen molar-refractivity contribution in [2.45, 2.75) is 54.1 Å². The van der Waals surface area contributed by atoms with E-state index in [0.29, 0.717) is 6.67 Å². The fraction of sp³-hybridized carbons (Fsp3) is 0.500. The van der Waals surface area contributed by atoms with Crippen LogP contribution in [0.25, 0.3) is 0 Å². The topological polar surface area (TPSA) is 41.4 Å². The summed E-state index contributed by atoms with van der Waals surface area (Å²) in [5, 5.41) is 0. The lowest BCUT2D eigenvalue weighted by Gasteiger charge is -2.39. The molecule has 2 aromatic rings. The van der Waals surface area contributed by atoms with Gasteiger partial charge in [0, 0.05) is 23.5 Å². The zero-order chi connectivity index (χ0) is 18.1. The molecule has 2 heterocycles. The molecule has 0 unspecified atom stereocenters. The summed E-state index contributed by atoms with van der Waals surface area (Å²) in [7, 11) is 0. The average Bonchev–Trinajstić information content (AvgIpc) is 2.56. The summed E-state index contributed by atoms with van der Waals surface area (Å²) >= 11 is 0. The molecule has 0 atom stereocenters. The average molecular weight is 340 g/mol. The van der Waals surface area contributed by atoms with E-state index in [4.69, 9.17) is 4.98 Å². The molecular weight excluding hydrogens is 312 g/mol. The Kier molecular flexibility index (Phi) is 4.95. The molecule has 0 radical (unpaired) electrons. The van der Waals surface area contributed by atoms with Crippen LogP contribution in [0.4, 0.5) is 11.6 Å². The first-order valence-electron chi connectivity index (χ1n) is 9.13. The highest BCUT2D eigenvalue weighted by molar-refractivity contribution is 5.63. The third-order valence-corrected chi connectivity index (χ3v) is 4.91. The van der Waals surface area contributed by atoms with Gasteiger partial charge in [-0.05, 0) is 45.2 Å². The molecule has 0 fully saturated rings. The molecule has 1 aromatic heterocycles. The maximum absolute atomic E-state index is 13.0. The standard InChI is InChI=1S/C20H28N4O/c1-6-10-22-12-23(18-9-8-14(3)11-15(18)4)20-21-16(5)17(7-2)19(25)24(20)13-22/h8-9,11H,6-7,10,12-13H2,1-5H3. The van der Waals surface area contributed by atoms with E-state index in [-0.39, 0.29) is 5.56 Å². The fourth-order valence-electron chi connectivity index (χ4n) is 3.68. The van der Waals surface area contributed by atoms with Gasteiger partial charge in [-0.3, -0.25) is 19.2 Å². The van der Waals surface area contributed by atoms with Gasteiger partial charge in [0.25, 0.3) is 5.56 Å². The molecule has 0 bridgehead atoms. The number of hydrogen-bond donors (Lipinski definition) is 0. The maximum Gasteiger partial charge on any atom is 0.259 e. The molecule has 134 valence electrons. The second-order valence-electron chi connectivity index (χ2n) is 6.96. The quantitative estimate of drug-likeness (QED) is 0.854. The molecule has 5 nitrogen and oxygen atoms in total. The van der Waals surface area contributed by atoms with Crippen molar-refractivity contribution >= 4 is 11.6 Å². The van der Waals surface area contributed by atoms with E-state index in [2.05, 4.69) is 48.8 Å². The number of rotatable bonds is 4. The van der Waals surface area contributed by atoms with Gasteiger partial charge in [-0.2, -0.15) is 0 Å². The van der Waals surface area contributed by atoms with Crippen molar-refractivity contribution in [2.24, 2.45) is 0 Å². The summed E-state index contributed by atoms with van der Waals surface area (Å²) in [5.74, 6) is 0.763. The minimum Gasteiger partial charge on any atom is -0.298 e. The number of nitrogens with zero attached hydrogens (tertiary/aromatic N) is 4. The minimum absolute atomic E-state index is 0.0977. The molecular formula is C20H28N4O. The molecule has 0 saturated carbocycles. The van der Waals surface area contributed by atoms with Gasteiger partial charge < -0.3 is 0 Å². The molecule has 1 aliphatic rings. The lowest BCUT2D eigenvalue weighted by Crippen LogP contribution is -2.48. The van der Waals surface area contributed by atoms with Gasteiger partial charge in [0.1, 0.15) is 0 Å². The number of anilines is 2. The zero-order valence-corrected chi connectivity index (χ0v) is 16.0. The fourth-order valence-corrected chi connectivity index (χ4v) is 3.68. The summed E-state index contributed by atoms with van der Waals surface area (Å²) in [4.78, 5) is 22.3. The zero-order valence-electron chi connectivity index (χ0n) is 16.0. The smallest absolute Gasteiger partial charge is 0.259 e. The predicted octanol–water partition coefficient (Wildman–Crippen LogP) is 3.51. The van der Waals surface area contributed by atoms with Gasteiger partial charge >= 0.3 is 0 Å². The summed E-state index contributed by atoms with van der Waals surface area (Å²) in [6, 6.07) is 6.44. The molecule has 0 saturated heterocycles. The molecule has 1 aromatic carbocycles. The second kappa shape index (κ2) is 7.00. The van der Waals surface area contributed by atoms with E-state index in [1.165, 1.54) is 11.1 Å². The number of hydrogen-bond acceptors (Lipinski definition) is 4. The molecule has 3 rings (SSSR count). The van der Waals surface area contributed by atoms with Crippen LogP contribution in [0.2, 0.25) is 0 Å². The predicted molar refractivity (Wildman–Crippen MR) is 103 cm³/mol. The van der Waals surface area contributed by atoms with Crippen molar-refractivity contribution in [3.63, 3.8) is 0 Å². The van der Waals surface area contributed by atoms with Gasteiger partial charge in [0.15, 0.2) is 0 Å². The maximum atomic E-state index is 13.0. The molecule has 5 heteroatoms. The van der Waals surface area contributed by atoms with Crippen LogP contribution in [-0.4, -0.2) is 27.7 Å². The number of aromatic nitrogens is 2. The summed E-state index contributed by atoms with van der Waals surface area (Å²) in [5.41, 5.74) is 5.33. The van der Waals surface area contributed by atoms with Crippen molar-refractivity contribution in [1.29, 1.82) is 0 Å². The molecule has 0 aliphatic carbocycles. The molecule has 0 N–H and O–H groups in total. The first-order valence-corrected chi connectivity index (χ1v) is 9.13. The van der Waals surface area contributed by atoms with Crippen LogP contribution in [0.5, 0.6) is 0 Å². The molecule has 0 spiro atoms. The largest absolute Gasteiger partial charge is 0.298 e. The van der Waals surface area contributed by atoms with Gasteiger partial charge in [-0.15, -0.1) is 0 Å². The molecule has 0 amide bonds. The van der Waals surface area contributed by atoms with Gasteiger partial charge in [-0.1, -0.05) is 31.5 Å². The number of fused-ring (bicyclic) bond motifs is 1. The molecule has 25 heavy (non-hydrogen) atoms. The van der Waals surface area contributed by atoms with Gasteiger partial charge in [-0.25, -0.2) is 4.98 Å². The van der Waals surface area contributed by atoms with E-state index in [0.717, 1.165) is 48.9 Å². The van der Waals surface area contributed by atoms with Crippen LogP contribution >= 0.6 is 0 Å². The Morgan fingerprint density at radius 1 is 1.12 bits per heavy atom. The Morgan fingerprint density at radius 3 is 2.52 bits per heavy atom. The van der Waals surface area contributed by atoms with Crippen molar-refractivity contribution in [3.05, 3.63) is 50.9 Å². The SMILES string of the molecule is CCCN1CN(c2ccc(C)cc2C)c2nc(C)c(CC)c(=O)n2C1. The highest BCUT2D eigenvalue weighted by Gasteiger charge is 2.27. The normalized spacial score (nSPS) is 14.7. The Labute approximate surface area is 149 Å². The summed E-state index contributed by atoms with van der Waals surface area (Å²) < 4.78 is 1.84. The first kappa shape index (κ1) is 17.7. The second-order valence-corrected chi connectivity index (χ2v) is 6.96. The van der Waals surface area contributed by atoms with E-state index in [9.17, 15) is 4.79 Å². The molecule has 1 aliphatic heterocycles. The van der Waals surface area contributed by atoms with Crippen LogP contribution in [0, 0.1) is 20.8 Å². The monoisotopic (exact) mass is 340 g/mol. The van der Waals surface area contributed by atoms with Gasteiger partial charge in [0.2, 0.25) is 5.95 Å². The summed E-state index contributed by atoms with van der Waals surface area (Å²) in [6.45, 7) is 12.7.